The molecule has 2 aromatic carbocycles. The van der Waals surface area contributed by atoms with Gasteiger partial charge in [-0.1, -0.05) is 60.7 Å². The van der Waals surface area contributed by atoms with Gasteiger partial charge < -0.3 is 14.6 Å². The molecule has 0 spiro atoms. The van der Waals surface area contributed by atoms with Crippen LogP contribution in [0.25, 0.3) is 0 Å². The number of carboxylic acid groups (broad SMARTS) is 1. The number of benzene rings is 2. The second-order valence-corrected chi connectivity index (χ2v) is 4.19. The van der Waals surface area contributed by atoms with E-state index in [4.69, 9.17) is 19.4 Å². The van der Waals surface area contributed by atoms with Crippen molar-refractivity contribution in [2.75, 3.05) is 14.2 Å². The van der Waals surface area contributed by atoms with Crippen molar-refractivity contribution in [2.45, 2.75) is 5.79 Å². The van der Waals surface area contributed by atoms with Gasteiger partial charge in [0.25, 0.3) is 12.3 Å². The van der Waals surface area contributed by atoms with E-state index >= 15 is 0 Å². The molecule has 0 atom stereocenters. The highest BCUT2D eigenvalue weighted by molar-refractivity contribution is 6.02. The molecule has 0 aliphatic heterocycles. The van der Waals surface area contributed by atoms with Crippen LogP contribution in [0.4, 0.5) is 0 Å². The Bertz CT molecular complexity index is 577. The number of ketones is 1. The van der Waals surface area contributed by atoms with Crippen molar-refractivity contribution in [2.24, 2.45) is 0 Å². The van der Waals surface area contributed by atoms with Crippen molar-refractivity contribution in [3.8, 4) is 0 Å². The summed E-state index contributed by atoms with van der Waals surface area (Å²) in [6.07, 6.45) is 0. The van der Waals surface area contributed by atoms with Gasteiger partial charge in [0.2, 0.25) is 5.78 Å². The largest absolute Gasteiger partial charge is 0.483 e. The lowest BCUT2D eigenvalue weighted by Gasteiger charge is -2.29. The molecule has 22 heavy (non-hydrogen) atoms. The predicted molar refractivity (Wildman–Crippen MR) is 81.6 cm³/mol. The van der Waals surface area contributed by atoms with Crippen molar-refractivity contribution in [1.29, 1.82) is 0 Å². The van der Waals surface area contributed by atoms with Crippen molar-refractivity contribution < 1.29 is 24.2 Å². The second kappa shape index (κ2) is 8.71. The van der Waals surface area contributed by atoms with Gasteiger partial charge in [0, 0.05) is 25.3 Å². The van der Waals surface area contributed by atoms with Crippen LogP contribution in [0.5, 0.6) is 0 Å². The summed E-state index contributed by atoms with van der Waals surface area (Å²) in [7, 11) is 2.94. The minimum Gasteiger partial charge on any atom is -0.483 e. The van der Waals surface area contributed by atoms with E-state index in [1.165, 1.54) is 14.2 Å². The molecule has 0 aromatic heterocycles. The average Bonchev–Trinajstić information content (AvgIpc) is 2.59. The molecule has 0 aliphatic rings. The topological polar surface area (TPSA) is 72.8 Å². The lowest BCUT2D eigenvalue weighted by molar-refractivity contribution is -0.176. The molecule has 0 unspecified atom stereocenters. The Morgan fingerprint density at radius 1 is 0.955 bits per heavy atom. The van der Waals surface area contributed by atoms with Gasteiger partial charge in [0.1, 0.15) is 0 Å². The first-order valence-corrected chi connectivity index (χ1v) is 6.49. The molecule has 0 heterocycles. The van der Waals surface area contributed by atoms with Gasteiger partial charge in [-0.15, -0.1) is 0 Å². The maximum atomic E-state index is 12.7. The first kappa shape index (κ1) is 17.6. The van der Waals surface area contributed by atoms with Gasteiger partial charge in [-0.3, -0.25) is 9.59 Å². The fourth-order valence-corrected chi connectivity index (χ4v) is 2.07. The Morgan fingerprint density at radius 3 is 1.77 bits per heavy atom. The van der Waals surface area contributed by atoms with E-state index in [0.29, 0.717) is 11.1 Å². The molecular weight excluding hydrogens is 284 g/mol. The van der Waals surface area contributed by atoms with Crippen molar-refractivity contribution in [3.05, 3.63) is 71.8 Å². The Balaban J connectivity index is 0.000000745. The van der Waals surface area contributed by atoms with Gasteiger partial charge in [-0.2, -0.15) is 0 Å². The molecule has 0 aliphatic carbocycles. The lowest BCUT2D eigenvalue weighted by atomic mass is 9.96. The molecule has 0 amide bonds. The Kier molecular flexibility index (Phi) is 6.95. The maximum absolute atomic E-state index is 12.7. The number of hydrogen-bond acceptors (Lipinski definition) is 4. The quantitative estimate of drug-likeness (QED) is 0.522. The zero-order chi connectivity index (χ0) is 16.4. The number of carbonyl (C=O) groups is 2. The molecule has 5 heteroatoms. The van der Waals surface area contributed by atoms with Crippen LogP contribution < -0.4 is 0 Å². The van der Waals surface area contributed by atoms with Crippen LogP contribution in [0.2, 0.25) is 0 Å². The Morgan fingerprint density at radius 2 is 1.36 bits per heavy atom. The van der Waals surface area contributed by atoms with Gasteiger partial charge >= 0.3 is 0 Å². The number of hydrogen-bond donors (Lipinski definition) is 1. The SMILES string of the molecule is COC(OC)(C(=O)c1ccccc1)c1ccccc1.O=CO. The van der Waals surface area contributed by atoms with Gasteiger partial charge in [0.15, 0.2) is 0 Å². The summed E-state index contributed by atoms with van der Waals surface area (Å²) in [4.78, 5) is 21.0. The van der Waals surface area contributed by atoms with E-state index in [2.05, 4.69) is 0 Å². The monoisotopic (exact) mass is 302 g/mol. The van der Waals surface area contributed by atoms with E-state index in [0.717, 1.165) is 0 Å². The van der Waals surface area contributed by atoms with Crippen LogP contribution >= 0.6 is 0 Å². The Labute approximate surface area is 129 Å². The summed E-state index contributed by atoms with van der Waals surface area (Å²) in [5.41, 5.74) is 1.23. The molecule has 1 N–H and O–H groups in total. The third kappa shape index (κ3) is 3.78. The summed E-state index contributed by atoms with van der Waals surface area (Å²) in [6, 6.07) is 18.2. The average molecular weight is 302 g/mol. The molecule has 2 rings (SSSR count). The normalized spacial score (nSPS) is 10.3. The molecule has 0 fully saturated rings. The van der Waals surface area contributed by atoms with E-state index in [1.807, 2.05) is 48.5 Å². The summed E-state index contributed by atoms with van der Waals surface area (Å²) < 4.78 is 10.8. The molecule has 0 saturated carbocycles. The lowest BCUT2D eigenvalue weighted by Crippen LogP contribution is -2.39. The van der Waals surface area contributed by atoms with Crippen LogP contribution in [0.1, 0.15) is 15.9 Å². The first-order valence-electron chi connectivity index (χ1n) is 6.49. The van der Waals surface area contributed by atoms with Crippen LogP contribution in [-0.4, -0.2) is 31.6 Å². The summed E-state index contributed by atoms with van der Waals surface area (Å²) in [6.45, 7) is -0.250. The minimum absolute atomic E-state index is 0.218. The van der Waals surface area contributed by atoms with Crippen molar-refractivity contribution in [3.63, 3.8) is 0 Å². The van der Waals surface area contributed by atoms with Crippen LogP contribution in [0, 0.1) is 0 Å². The molecule has 0 bridgehead atoms. The van der Waals surface area contributed by atoms with Crippen molar-refractivity contribution in [1.82, 2.24) is 0 Å². The van der Waals surface area contributed by atoms with Gasteiger partial charge in [-0.25, -0.2) is 0 Å². The Hall–Kier alpha value is -2.50. The molecule has 2 aromatic rings. The zero-order valence-corrected chi connectivity index (χ0v) is 12.4. The predicted octanol–water partition coefficient (Wildman–Crippen LogP) is 2.72. The molecule has 0 radical (unpaired) electrons. The van der Waals surface area contributed by atoms with Crippen LogP contribution in [0.15, 0.2) is 60.7 Å². The van der Waals surface area contributed by atoms with Crippen LogP contribution in [0.3, 0.4) is 0 Å². The highest BCUT2D eigenvalue weighted by atomic mass is 16.7. The van der Waals surface area contributed by atoms with Crippen LogP contribution in [-0.2, 0) is 20.1 Å². The fraction of sp³-hybridized carbons (Fsp3) is 0.176. The highest BCUT2D eigenvalue weighted by Gasteiger charge is 2.41. The zero-order valence-electron chi connectivity index (χ0n) is 12.4. The summed E-state index contributed by atoms with van der Waals surface area (Å²) in [5.74, 6) is -1.62. The third-order valence-electron chi connectivity index (χ3n) is 3.06. The number of ether oxygens (including phenoxy) is 2. The summed E-state index contributed by atoms with van der Waals surface area (Å²) in [5, 5.41) is 6.89. The standard InChI is InChI=1S/C16H16O3.CH2O2/c1-18-16(19-2,14-11-7-4-8-12-14)15(17)13-9-5-3-6-10-13;2-1-3/h3-12H,1-2H3;1H,(H,2,3). The molecule has 5 nitrogen and oxygen atoms in total. The fourth-order valence-electron chi connectivity index (χ4n) is 2.07. The van der Waals surface area contributed by atoms with Crippen molar-refractivity contribution >= 4 is 12.3 Å². The van der Waals surface area contributed by atoms with E-state index in [-0.39, 0.29) is 12.3 Å². The van der Waals surface area contributed by atoms with Gasteiger partial charge in [-0.05, 0) is 0 Å². The van der Waals surface area contributed by atoms with E-state index < -0.39 is 5.79 Å². The van der Waals surface area contributed by atoms with E-state index in [9.17, 15) is 4.79 Å². The summed E-state index contributed by atoms with van der Waals surface area (Å²) >= 11 is 0. The minimum atomic E-state index is -1.40. The second-order valence-electron chi connectivity index (χ2n) is 4.19. The first-order chi connectivity index (χ1) is 10.7. The maximum Gasteiger partial charge on any atom is 0.290 e. The molecule has 0 saturated heterocycles. The van der Waals surface area contributed by atoms with E-state index in [1.54, 1.807) is 12.1 Å². The number of carbonyl (C=O) groups excluding carboxylic acids is 1. The molecule has 116 valence electrons. The third-order valence-corrected chi connectivity index (χ3v) is 3.06. The molecular formula is C17H18O5. The number of methoxy groups -OCH3 is 2. The van der Waals surface area contributed by atoms with Gasteiger partial charge in [0.05, 0.1) is 0 Å². The highest BCUT2D eigenvalue weighted by Crippen LogP contribution is 2.30. The number of Topliss-reactive ketones (excluding diaryl/α,β-unsaturated/α-hetero) is 1. The number of rotatable bonds is 5. The smallest absolute Gasteiger partial charge is 0.290 e.